The molecule has 0 spiro atoms. The van der Waals surface area contributed by atoms with Crippen LogP contribution < -0.4 is 0 Å². The van der Waals surface area contributed by atoms with Crippen LogP contribution >= 0.6 is 11.8 Å². The maximum atomic E-state index is 9.61. The number of thioether (sulfide) groups is 1. The van der Waals surface area contributed by atoms with Gasteiger partial charge >= 0.3 is 0 Å². The summed E-state index contributed by atoms with van der Waals surface area (Å²) in [4.78, 5) is 0. The van der Waals surface area contributed by atoms with E-state index in [0.717, 1.165) is 18.6 Å². The highest BCUT2D eigenvalue weighted by molar-refractivity contribution is 7.98. The number of aliphatic hydroxyl groups excluding tert-OH is 1. The normalized spacial score (nSPS) is 13.0. The topological polar surface area (TPSA) is 20.2 Å². The Morgan fingerprint density at radius 1 is 0.933 bits per heavy atom. The molecule has 0 aliphatic carbocycles. The first-order valence-electron chi connectivity index (χ1n) is 6.48. The zero-order valence-electron chi connectivity index (χ0n) is 10.5. The van der Waals surface area contributed by atoms with Crippen LogP contribution in [0.25, 0.3) is 0 Å². The van der Waals surface area contributed by atoms with Crippen molar-refractivity contribution in [2.45, 2.75) is 70.8 Å². The molecule has 0 aliphatic heterocycles. The lowest BCUT2D eigenvalue weighted by molar-refractivity contribution is 0.157. The predicted molar refractivity (Wildman–Crippen MR) is 71.6 cm³/mol. The first kappa shape index (κ1) is 15.3. The van der Waals surface area contributed by atoms with Gasteiger partial charge in [-0.25, -0.2) is 0 Å². The van der Waals surface area contributed by atoms with Crippen molar-refractivity contribution in [3.8, 4) is 0 Å². The van der Waals surface area contributed by atoms with Crippen molar-refractivity contribution < 1.29 is 5.11 Å². The molecule has 0 saturated carbocycles. The molecule has 1 nitrogen and oxygen atoms in total. The van der Waals surface area contributed by atoms with Crippen LogP contribution in [0, 0.1) is 0 Å². The van der Waals surface area contributed by atoms with E-state index in [1.54, 1.807) is 0 Å². The zero-order chi connectivity index (χ0) is 11.4. The second kappa shape index (κ2) is 12.4. The van der Waals surface area contributed by atoms with Crippen molar-refractivity contribution in [1.29, 1.82) is 0 Å². The van der Waals surface area contributed by atoms with Gasteiger partial charge in [-0.2, -0.15) is 11.8 Å². The fourth-order valence-corrected chi connectivity index (χ4v) is 2.24. The number of hydrogen-bond donors (Lipinski definition) is 1. The monoisotopic (exact) mass is 232 g/mol. The Bertz CT molecular complexity index is 117. The van der Waals surface area contributed by atoms with Crippen LogP contribution in [0.3, 0.4) is 0 Å². The number of hydrogen-bond acceptors (Lipinski definition) is 2. The second-order valence-corrected chi connectivity index (χ2v) is 5.33. The van der Waals surface area contributed by atoms with Gasteiger partial charge in [-0.15, -0.1) is 0 Å². The minimum Gasteiger partial charge on any atom is -0.393 e. The predicted octanol–water partition coefficient (Wildman–Crippen LogP) is 4.24. The molecular weight excluding hydrogens is 204 g/mol. The van der Waals surface area contributed by atoms with Crippen molar-refractivity contribution in [2.75, 3.05) is 12.0 Å². The average Bonchev–Trinajstić information content (AvgIpc) is 2.25. The Kier molecular flexibility index (Phi) is 12.6. The molecule has 1 N–H and O–H groups in total. The fourth-order valence-electron chi connectivity index (χ4n) is 1.74. The summed E-state index contributed by atoms with van der Waals surface area (Å²) in [5, 5.41) is 9.61. The largest absolute Gasteiger partial charge is 0.393 e. The molecule has 0 aliphatic rings. The molecule has 0 radical (unpaired) electrons. The van der Waals surface area contributed by atoms with Gasteiger partial charge in [0.2, 0.25) is 0 Å². The Labute approximate surface area is 100 Å². The van der Waals surface area contributed by atoms with Crippen molar-refractivity contribution in [2.24, 2.45) is 0 Å². The quantitative estimate of drug-likeness (QED) is 0.538. The van der Waals surface area contributed by atoms with Crippen LogP contribution in [0.5, 0.6) is 0 Å². The minimum absolute atomic E-state index is 0.0481. The third kappa shape index (κ3) is 12.2. The van der Waals surface area contributed by atoms with E-state index in [0.29, 0.717) is 0 Å². The molecule has 1 atom stereocenters. The van der Waals surface area contributed by atoms with Gasteiger partial charge in [0.1, 0.15) is 0 Å². The molecule has 2 heteroatoms. The molecular formula is C13H28OS. The van der Waals surface area contributed by atoms with Gasteiger partial charge in [0.15, 0.2) is 0 Å². The standard InChI is InChI=1S/C13H28OS/c1-3-4-5-6-7-8-9-10-13(14)11-12-15-2/h13-14H,3-12H2,1-2H3. The molecule has 0 aromatic carbocycles. The van der Waals surface area contributed by atoms with Gasteiger partial charge in [-0.1, -0.05) is 51.9 Å². The summed E-state index contributed by atoms with van der Waals surface area (Å²) >= 11 is 1.82. The van der Waals surface area contributed by atoms with Gasteiger partial charge in [0.05, 0.1) is 6.10 Å². The van der Waals surface area contributed by atoms with E-state index in [4.69, 9.17) is 0 Å². The van der Waals surface area contributed by atoms with Crippen LogP contribution in [0.1, 0.15) is 64.7 Å². The Balaban J connectivity index is 3.02. The van der Waals surface area contributed by atoms with Gasteiger partial charge in [-0.3, -0.25) is 0 Å². The van der Waals surface area contributed by atoms with E-state index in [-0.39, 0.29) is 6.10 Å². The molecule has 92 valence electrons. The van der Waals surface area contributed by atoms with Gasteiger partial charge in [0, 0.05) is 0 Å². The van der Waals surface area contributed by atoms with Crippen molar-refractivity contribution in [1.82, 2.24) is 0 Å². The van der Waals surface area contributed by atoms with Crippen molar-refractivity contribution in [3.63, 3.8) is 0 Å². The fraction of sp³-hybridized carbons (Fsp3) is 1.00. The van der Waals surface area contributed by atoms with E-state index in [2.05, 4.69) is 13.2 Å². The molecule has 0 fully saturated rings. The molecule has 0 saturated heterocycles. The van der Waals surface area contributed by atoms with Gasteiger partial charge in [0.25, 0.3) is 0 Å². The third-order valence-corrected chi connectivity index (χ3v) is 3.44. The summed E-state index contributed by atoms with van der Waals surface area (Å²) in [5.74, 6) is 1.09. The lowest BCUT2D eigenvalue weighted by Gasteiger charge is -2.08. The molecule has 0 rings (SSSR count). The first-order chi connectivity index (χ1) is 7.31. The lowest BCUT2D eigenvalue weighted by atomic mass is 10.1. The highest BCUT2D eigenvalue weighted by Crippen LogP contribution is 2.11. The second-order valence-electron chi connectivity index (χ2n) is 4.35. The number of aliphatic hydroxyl groups is 1. The third-order valence-electron chi connectivity index (χ3n) is 2.80. The van der Waals surface area contributed by atoms with Gasteiger partial charge in [-0.05, 0) is 24.9 Å². The number of unbranched alkanes of at least 4 members (excludes halogenated alkanes) is 6. The highest BCUT2D eigenvalue weighted by Gasteiger charge is 2.02. The molecule has 0 aromatic rings. The van der Waals surface area contributed by atoms with Gasteiger partial charge < -0.3 is 5.11 Å². The maximum absolute atomic E-state index is 9.61. The summed E-state index contributed by atoms with van der Waals surface area (Å²) in [6.07, 6.45) is 13.4. The summed E-state index contributed by atoms with van der Waals surface area (Å²) in [5.41, 5.74) is 0. The molecule has 15 heavy (non-hydrogen) atoms. The Morgan fingerprint density at radius 2 is 1.53 bits per heavy atom. The van der Waals surface area contributed by atoms with E-state index >= 15 is 0 Å². The highest BCUT2D eigenvalue weighted by atomic mass is 32.2. The smallest absolute Gasteiger partial charge is 0.0548 e. The average molecular weight is 232 g/mol. The zero-order valence-corrected chi connectivity index (χ0v) is 11.3. The Morgan fingerprint density at radius 3 is 2.13 bits per heavy atom. The molecule has 0 amide bonds. The van der Waals surface area contributed by atoms with Crippen LogP contribution in [0.15, 0.2) is 0 Å². The number of rotatable bonds is 11. The summed E-state index contributed by atoms with van der Waals surface area (Å²) in [7, 11) is 0. The SMILES string of the molecule is CCCCCCCCCC(O)CCSC. The van der Waals surface area contributed by atoms with E-state index in [1.807, 2.05) is 11.8 Å². The van der Waals surface area contributed by atoms with Crippen LogP contribution in [0.4, 0.5) is 0 Å². The van der Waals surface area contributed by atoms with Crippen LogP contribution in [-0.4, -0.2) is 23.2 Å². The van der Waals surface area contributed by atoms with E-state index in [9.17, 15) is 5.11 Å². The maximum Gasteiger partial charge on any atom is 0.0548 e. The first-order valence-corrected chi connectivity index (χ1v) is 7.87. The van der Waals surface area contributed by atoms with Crippen LogP contribution in [0.2, 0.25) is 0 Å². The van der Waals surface area contributed by atoms with Crippen LogP contribution in [-0.2, 0) is 0 Å². The lowest BCUT2D eigenvalue weighted by Crippen LogP contribution is -2.07. The summed E-state index contributed by atoms with van der Waals surface area (Å²) < 4.78 is 0. The molecule has 1 unspecified atom stereocenters. The molecule has 0 bridgehead atoms. The van der Waals surface area contributed by atoms with Crippen molar-refractivity contribution >= 4 is 11.8 Å². The van der Waals surface area contributed by atoms with E-state index < -0.39 is 0 Å². The minimum atomic E-state index is -0.0481. The molecule has 0 heterocycles. The Hall–Kier alpha value is 0.310. The summed E-state index contributed by atoms with van der Waals surface area (Å²) in [6, 6.07) is 0. The molecule has 0 aromatic heterocycles. The van der Waals surface area contributed by atoms with E-state index in [1.165, 1.54) is 44.9 Å². The summed E-state index contributed by atoms with van der Waals surface area (Å²) in [6.45, 7) is 2.25. The van der Waals surface area contributed by atoms with Crippen molar-refractivity contribution in [3.05, 3.63) is 0 Å².